The van der Waals surface area contributed by atoms with Crippen molar-refractivity contribution in [2.24, 2.45) is 5.10 Å². The number of benzene rings is 1. The molecule has 1 N–H and O–H groups in total. The lowest BCUT2D eigenvalue weighted by atomic mass is 9.99. The molecule has 76 valence electrons. The standard InChI is InChI=1S/C11H11N3S/c1-7-6-10-8-4-2-3-5-9(8)12-11(15)14(10)13-7/h2-5,10H,6H2,1H3,(H,12,15). The van der Waals surface area contributed by atoms with Crippen molar-refractivity contribution in [3.8, 4) is 0 Å². The van der Waals surface area contributed by atoms with Gasteiger partial charge in [0.05, 0.1) is 6.04 Å². The monoisotopic (exact) mass is 217 g/mol. The molecule has 0 bridgehead atoms. The molecule has 1 unspecified atom stereocenters. The third-order valence-electron chi connectivity index (χ3n) is 2.83. The van der Waals surface area contributed by atoms with Gasteiger partial charge in [-0.15, -0.1) is 0 Å². The molecular weight excluding hydrogens is 206 g/mol. The van der Waals surface area contributed by atoms with Crippen LogP contribution in [0.5, 0.6) is 0 Å². The van der Waals surface area contributed by atoms with Crippen LogP contribution in [0.3, 0.4) is 0 Å². The predicted octanol–water partition coefficient (Wildman–Crippen LogP) is 2.52. The lowest BCUT2D eigenvalue weighted by Gasteiger charge is -2.31. The zero-order chi connectivity index (χ0) is 10.4. The lowest BCUT2D eigenvalue weighted by molar-refractivity contribution is 0.370. The minimum absolute atomic E-state index is 0.301. The summed E-state index contributed by atoms with van der Waals surface area (Å²) in [6, 6.07) is 8.57. The molecule has 0 saturated heterocycles. The summed E-state index contributed by atoms with van der Waals surface area (Å²) < 4.78 is 0. The molecule has 2 aliphatic heterocycles. The Morgan fingerprint density at radius 2 is 2.27 bits per heavy atom. The molecule has 0 amide bonds. The normalized spacial score (nSPS) is 23.0. The number of hydrazone groups is 1. The van der Waals surface area contributed by atoms with Gasteiger partial charge in [0.15, 0.2) is 5.11 Å². The van der Waals surface area contributed by atoms with E-state index >= 15 is 0 Å². The zero-order valence-corrected chi connectivity index (χ0v) is 9.21. The van der Waals surface area contributed by atoms with Gasteiger partial charge in [0.2, 0.25) is 0 Å². The van der Waals surface area contributed by atoms with E-state index in [-0.39, 0.29) is 0 Å². The number of rotatable bonds is 0. The summed E-state index contributed by atoms with van der Waals surface area (Å²) in [7, 11) is 0. The van der Waals surface area contributed by atoms with Crippen molar-refractivity contribution in [2.45, 2.75) is 19.4 Å². The number of nitrogens with zero attached hydrogens (tertiary/aromatic N) is 2. The number of hydrogen-bond donors (Lipinski definition) is 1. The van der Waals surface area contributed by atoms with Gasteiger partial charge in [-0.25, -0.2) is 5.01 Å². The van der Waals surface area contributed by atoms with E-state index < -0.39 is 0 Å². The first-order valence-corrected chi connectivity index (χ1v) is 5.40. The molecule has 2 aliphatic rings. The first kappa shape index (κ1) is 8.85. The summed E-state index contributed by atoms with van der Waals surface area (Å²) in [5.74, 6) is 0. The van der Waals surface area contributed by atoms with E-state index in [0.717, 1.165) is 17.8 Å². The minimum Gasteiger partial charge on any atom is -0.331 e. The maximum absolute atomic E-state index is 5.28. The molecule has 4 heteroatoms. The molecule has 1 aromatic rings. The largest absolute Gasteiger partial charge is 0.331 e. The van der Waals surface area contributed by atoms with Gasteiger partial charge in [0, 0.05) is 23.4 Å². The van der Waals surface area contributed by atoms with Gasteiger partial charge < -0.3 is 5.32 Å². The van der Waals surface area contributed by atoms with Crippen LogP contribution in [0.1, 0.15) is 24.9 Å². The van der Waals surface area contributed by atoms with Crippen LogP contribution in [-0.2, 0) is 0 Å². The second kappa shape index (κ2) is 3.03. The van der Waals surface area contributed by atoms with Crippen molar-refractivity contribution in [2.75, 3.05) is 5.32 Å². The van der Waals surface area contributed by atoms with Crippen LogP contribution < -0.4 is 5.32 Å². The van der Waals surface area contributed by atoms with Gasteiger partial charge in [-0.2, -0.15) is 5.10 Å². The number of para-hydroxylation sites is 1. The molecule has 15 heavy (non-hydrogen) atoms. The summed E-state index contributed by atoms with van der Waals surface area (Å²) in [5, 5.41) is 10.3. The molecule has 0 radical (unpaired) electrons. The maximum Gasteiger partial charge on any atom is 0.194 e. The molecule has 3 nitrogen and oxygen atoms in total. The highest BCUT2D eigenvalue weighted by Gasteiger charge is 2.34. The smallest absolute Gasteiger partial charge is 0.194 e. The van der Waals surface area contributed by atoms with E-state index in [0.29, 0.717) is 11.2 Å². The average Bonchev–Trinajstić information content (AvgIpc) is 2.61. The first-order valence-electron chi connectivity index (χ1n) is 4.99. The Kier molecular flexibility index (Phi) is 1.79. The number of hydrogen-bond acceptors (Lipinski definition) is 2. The second-order valence-electron chi connectivity index (χ2n) is 3.92. The molecule has 0 aromatic heterocycles. The molecule has 1 aromatic carbocycles. The molecule has 0 saturated carbocycles. The fourth-order valence-corrected chi connectivity index (χ4v) is 2.44. The van der Waals surface area contributed by atoms with Crippen molar-refractivity contribution >= 4 is 28.7 Å². The van der Waals surface area contributed by atoms with E-state index in [1.54, 1.807) is 0 Å². The highest BCUT2D eigenvalue weighted by atomic mass is 32.1. The van der Waals surface area contributed by atoms with Crippen LogP contribution >= 0.6 is 12.2 Å². The summed E-state index contributed by atoms with van der Waals surface area (Å²) >= 11 is 5.28. The van der Waals surface area contributed by atoms with Crippen molar-refractivity contribution in [3.63, 3.8) is 0 Å². The van der Waals surface area contributed by atoms with Gasteiger partial charge in [-0.05, 0) is 25.2 Å². The van der Waals surface area contributed by atoms with E-state index in [2.05, 4.69) is 28.6 Å². The van der Waals surface area contributed by atoms with E-state index in [1.807, 2.05) is 18.0 Å². The van der Waals surface area contributed by atoms with Gasteiger partial charge in [-0.3, -0.25) is 0 Å². The molecule has 0 aliphatic carbocycles. The number of anilines is 1. The Morgan fingerprint density at radius 1 is 1.47 bits per heavy atom. The van der Waals surface area contributed by atoms with Gasteiger partial charge in [-0.1, -0.05) is 18.2 Å². The van der Waals surface area contributed by atoms with E-state index in [9.17, 15) is 0 Å². The topological polar surface area (TPSA) is 27.6 Å². The molecule has 1 atom stereocenters. The first-order chi connectivity index (χ1) is 7.25. The highest BCUT2D eigenvalue weighted by molar-refractivity contribution is 7.80. The quantitative estimate of drug-likeness (QED) is 0.677. The molecule has 0 spiro atoms. The lowest BCUT2D eigenvalue weighted by Crippen LogP contribution is -2.36. The van der Waals surface area contributed by atoms with Crippen molar-refractivity contribution in [1.29, 1.82) is 0 Å². The van der Waals surface area contributed by atoms with Crippen LogP contribution in [0.25, 0.3) is 0 Å². The third kappa shape index (κ3) is 1.25. The maximum atomic E-state index is 5.28. The summed E-state index contributed by atoms with van der Waals surface area (Å²) in [5.41, 5.74) is 3.54. The van der Waals surface area contributed by atoms with E-state index in [4.69, 9.17) is 12.2 Å². The van der Waals surface area contributed by atoms with E-state index in [1.165, 1.54) is 5.56 Å². The molecule has 2 heterocycles. The summed E-state index contributed by atoms with van der Waals surface area (Å²) in [4.78, 5) is 0. The minimum atomic E-state index is 0.301. The van der Waals surface area contributed by atoms with Crippen molar-refractivity contribution < 1.29 is 0 Å². The SMILES string of the molecule is CC1=NN2C(=S)Nc3ccccc3C2C1. The predicted molar refractivity (Wildman–Crippen MR) is 65.0 cm³/mol. The Balaban J connectivity index is 2.11. The molecule has 0 fully saturated rings. The van der Waals surface area contributed by atoms with Gasteiger partial charge in [0.1, 0.15) is 0 Å². The van der Waals surface area contributed by atoms with Crippen molar-refractivity contribution in [1.82, 2.24) is 5.01 Å². The highest BCUT2D eigenvalue weighted by Crippen LogP contribution is 2.38. The fourth-order valence-electron chi connectivity index (χ4n) is 2.16. The summed E-state index contributed by atoms with van der Waals surface area (Å²) in [6.45, 7) is 2.05. The number of fused-ring (bicyclic) bond motifs is 3. The Bertz CT molecular complexity index is 467. The van der Waals surface area contributed by atoms with Crippen molar-refractivity contribution in [3.05, 3.63) is 29.8 Å². The Labute approximate surface area is 93.8 Å². The Hall–Kier alpha value is -1.42. The number of thiocarbonyl (C=S) groups is 1. The van der Waals surface area contributed by atoms with Crippen LogP contribution in [0, 0.1) is 0 Å². The Morgan fingerprint density at radius 3 is 3.13 bits per heavy atom. The molecular formula is C11H11N3S. The average molecular weight is 217 g/mol. The van der Waals surface area contributed by atoms with Crippen LogP contribution in [-0.4, -0.2) is 15.8 Å². The molecule has 3 rings (SSSR count). The van der Waals surface area contributed by atoms with Gasteiger partial charge >= 0.3 is 0 Å². The zero-order valence-electron chi connectivity index (χ0n) is 8.40. The summed E-state index contributed by atoms with van der Waals surface area (Å²) in [6.07, 6.45) is 0.971. The van der Waals surface area contributed by atoms with Crippen LogP contribution in [0.4, 0.5) is 5.69 Å². The van der Waals surface area contributed by atoms with Gasteiger partial charge in [0.25, 0.3) is 0 Å². The fraction of sp³-hybridized carbons (Fsp3) is 0.273. The second-order valence-corrected chi connectivity index (χ2v) is 4.30. The third-order valence-corrected chi connectivity index (χ3v) is 3.12. The van der Waals surface area contributed by atoms with Crippen LogP contribution in [0.2, 0.25) is 0 Å². The van der Waals surface area contributed by atoms with Crippen LogP contribution in [0.15, 0.2) is 29.4 Å². The number of nitrogens with one attached hydrogen (secondary N) is 1.